The predicted molar refractivity (Wildman–Crippen MR) is 309 cm³/mol. The maximum absolute atomic E-state index is 15.9. The molecule has 81 heavy (non-hydrogen) atoms. The van der Waals surface area contributed by atoms with Crippen molar-refractivity contribution in [2.75, 3.05) is 68.2 Å². The normalized spacial score (nSPS) is 22.0. The summed E-state index contributed by atoms with van der Waals surface area (Å²) in [5.41, 5.74) is 3.88. The van der Waals surface area contributed by atoms with Crippen LogP contribution in [0.4, 0.5) is 0 Å². The highest BCUT2D eigenvalue weighted by atomic mass is 35.5. The fraction of sp³-hybridized carbons (Fsp3) is 0.459. The second-order valence-electron chi connectivity index (χ2n) is 21.7. The Hall–Kier alpha value is -6.83. The number of hydrogen-bond donors (Lipinski definition) is 2. The lowest BCUT2D eigenvalue weighted by molar-refractivity contribution is -0.150. The monoisotopic (exact) mass is 1150 g/mol. The molecular formula is C61H75Cl2N9O9. The largest absolute Gasteiger partial charge is 0.457 e. The van der Waals surface area contributed by atoms with Gasteiger partial charge in [-0.2, -0.15) is 0 Å². The van der Waals surface area contributed by atoms with Gasteiger partial charge in [-0.25, -0.2) is 4.98 Å². The number of morpholine rings is 1. The molecule has 1 saturated carbocycles. The van der Waals surface area contributed by atoms with E-state index in [4.69, 9.17) is 37.4 Å². The van der Waals surface area contributed by atoms with E-state index >= 15 is 19.2 Å². The molecule has 1 aliphatic carbocycles. The first-order valence-electron chi connectivity index (χ1n) is 27.7. The van der Waals surface area contributed by atoms with E-state index in [1.165, 1.54) is 16.9 Å². The van der Waals surface area contributed by atoms with Gasteiger partial charge in [0.15, 0.2) is 0 Å². The molecule has 3 fully saturated rings. The Morgan fingerprint density at radius 2 is 1.48 bits per heavy atom. The van der Waals surface area contributed by atoms with Gasteiger partial charge in [0.25, 0.3) is 0 Å². The molecule has 0 radical (unpaired) electrons. The number of nitrogens with one attached hydrogen (secondary N) is 2. The molecule has 6 atom stereocenters. The summed E-state index contributed by atoms with van der Waals surface area (Å²) >= 11 is 13.0. The van der Waals surface area contributed by atoms with Crippen molar-refractivity contribution in [1.82, 2.24) is 44.7 Å². The zero-order valence-corrected chi connectivity index (χ0v) is 48.7. The zero-order valence-electron chi connectivity index (χ0n) is 47.2. The Balaban J connectivity index is 1.22. The lowest BCUT2D eigenvalue weighted by Crippen LogP contribution is -2.59. The number of nitrogens with zero attached hydrogens (tertiary/aromatic N) is 7. The van der Waals surface area contributed by atoms with Crippen molar-refractivity contribution in [2.45, 2.75) is 101 Å². The summed E-state index contributed by atoms with van der Waals surface area (Å²) in [6, 6.07) is 24.6. The summed E-state index contributed by atoms with van der Waals surface area (Å²) in [5, 5.41) is 7.02. The molecule has 3 heterocycles. The molecule has 20 heteroatoms. The van der Waals surface area contributed by atoms with Crippen LogP contribution >= 0.6 is 23.2 Å². The van der Waals surface area contributed by atoms with Crippen LogP contribution in [0.25, 0.3) is 11.3 Å². The number of fused-ring (bicyclic) bond motifs is 1. The van der Waals surface area contributed by atoms with Crippen molar-refractivity contribution in [1.29, 1.82) is 0 Å². The highest BCUT2D eigenvalue weighted by molar-refractivity contribution is 6.31. The first-order valence-corrected chi connectivity index (χ1v) is 28.5. The maximum Gasteiger partial charge on any atom is 0.247 e. The Morgan fingerprint density at radius 1 is 0.790 bits per heavy atom. The van der Waals surface area contributed by atoms with Crippen molar-refractivity contribution in [3.63, 3.8) is 0 Å². The second kappa shape index (κ2) is 28.2. The molecule has 4 aromatic carbocycles. The number of hydrogen-bond acceptors (Lipinski definition) is 11. The topological polar surface area (TPSA) is 188 Å². The Kier molecular flexibility index (Phi) is 21.0. The predicted octanol–water partition coefficient (Wildman–Crippen LogP) is 6.93. The van der Waals surface area contributed by atoms with Crippen LogP contribution in [0.3, 0.4) is 0 Å². The molecule has 2 aliphatic heterocycles. The third-order valence-electron chi connectivity index (χ3n) is 15.7. The van der Waals surface area contributed by atoms with Crippen molar-refractivity contribution in [2.24, 2.45) is 13.0 Å². The van der Waals surface area contributed by atoms with Gasteiger partial charge >= 0.3 is 0 Å². The Bertz CT molecular complexity index is 2970. The number of benzene rings is 4. The molecule has 5 aromatic rings. The number of amides is 6. The van der Waals surface area contributed by atoms with Gasteiger partial charge in [-0.05, 0) is 99.4 Å². The van der Waals surface area contributed by atoms with Gasteiger partial charge in [-0.3, -0.25) is 28.8 Å². The number of likely N-dealkylation sites (N-methyl/N-ethyl adjacent to an activating group) is 2. The summed E-state index contributed by atoms with van der Waals surface area (Å²) in [4.78, 5) is 103. The minimum absolute atomic E-state index is 0.104. The number of halogens is 2. The molecule has 8 rings (SSSR count). The molecule has 0 spiro atoms. The lowest BCUT2D eigenvalue weighted by atomic mass is 9.87. The standard InChI is InChI=1S/C61H75Cl2N9O9/c1-67(2)38-55-64-36-53(69(55)4)42-19-24-48(25-20-42)81-54-33-46(63)23-18-43(54)37-72-52(35-57(74)71-26-28-80-29-27-71)59(76)66-50(39-79-6)61(78)68(3)47(31-41-16-21-45(62)22-17-41)34-56(73)65-49-14-10-11-15-51(49)70(5)60(77)44(32-58(72)75)30-40-12-8-7-9-13-40/h7-9,12-13,16-25,33,36,44,47,49-52H,10-11,14-15,26-32,34-35,37-39H2,1-6H3,(H,65,73)(H,66,76)/t44-,47+,49+,50+,51+,52+/m1/s1. The van der Waals surface area contributed by atoms with E-state index in [-0.39, 0.29) is 82.7 Å². The van der Waals surface area contributed by atoms with E-state index in [0.717, 1.165) is 41.1 Å². The Morgan fingerprint density at radius 3 is 2.19 bits per heavy atom. The highest BCUT2D eigenvalue weighted by Gasteiger charge is 2.41. The number of imidazole rings is 1. The van der Waals surface area contributed by atoms with E-state index in [2.05, 4.69) is 15.6 Å². The molecule has 2 saturated heterocycles. The van der Waals surface area contributed by atoms with E-state index < -0.39 is 66.2 Å². The molecular weight excluding hydrogens is 1070 g/mol. The molecule has 0 bridgehead atoms. The molecule has 18 nitrogen and oxygen atoms in total. The first kappa shape index (κ1) is 60.3. The number of ether oxygens (including phenoxy) is 3. The maximum atomic E-state index is 15.9. The van der Waals surface area contributed by atoms with Crippen LogP contribution in [0.1, 0.15) is 67.5 Å². The molecule has 432 valence electrons. The third kappa shape index (κ3) is 15.8. The average molecular weight is 1150 g/mol. The molecule has 1 aromatic heterocycles. The van der Waals surface area contributed by atoms with Crippen molar-refractivity contribution in [3.8, 4) is 22.8 Å². The van der Waals surface area contributed by atoms with E-state index in [9.17, 15) is 9.59 Å². The van der Waals surface area contributed by atoms with Gasteiger partial charge in [0.2, 0.25) is 35.4 Å². The highest BCUT2D eigenvalue weighted by Crippen LogP contribution is 2.34. The Labute approximate surface area is 485 Å². The van der Waals surface area contributed by atoms with Gasteiger partial charge in [-0.1, -0.05) is 84.6 Å². The summed E-state index contributed by atoms with van der Waals surface area (Å²) in [5.74, 6) is -2.35. The number of carbonyl (C=O) groups is 6. The molecule has 0 unspecified atom stereocenters. The third-order valence-corrected chi connectivity index (χ3v) is 16.2. The van der Waals surface area contributed by atoms with E-state index in [1.807, 2.05) is 104 Å². The van der Waals surface area contributed by atoms with Gasteiger partial charge in [-0.15, -0.1) is 0 Å². The number of carbonyl (C=O) groups excluding carboxylic acids is 6. The van der Waals surface area contributed by atoms with Gasteiger partial charge in [0.05, 0.1) is 63.2 Å². The number of methoxy groups -OCH3 is 1. The van der Waals surface area contributed by atoms with E-state index in [1.54, 1.807) is 54.2 Å². The van der Waals surface area contributed by atoms with E-state index in [0.29, 0.717) is 40.7 Å². The average Bonchev–Trinajstić information content (AvgIpc) is 3.89. The van der Waals surface area contributed by atoms with Crippen LogP contribution in [-0.2, 0) is 71.2 Å². The van der Waals surface area contributed by atoms with Crippen LogP contribution in [0.5, 0.6) is 11.5 Å². The van der Waals surface area contributed by atoms with Crippen molar-refractivity contribution < 1.29 is 43.0 Å². The van der Waals surface area contributed by atoms with Crippen LogP contribution in [0.2, 0.25) is 10.0 Å². The molecule has 2 N–H and O–H groups in total. The number of rotatable bonds is 15. The summed E-state index contributed by atoms with van der Waals surface area (Å²) in [7, 11) is 10.7. The van der Waals surface area contributed by atoms with Crippen molar-refractivity contribution in [3.05, 3.63) is 136 Å². The van der Waals surface area contributed by atoms with Gasteiger partial charge in [0, 0.05) is 87.4 Å². The summed E-state index contributed by atoms with van der Waals surface area (Å²) < 4.78 is 19.9. The summed E-state index contributed by atoms with van der Waals surface area (Å²) in [6.07, 6.45) is 4.14. The van der Waals surface area contributed by atoms with Crippen LogP contribution in [-0.4, -0.2) is 168 Å². The SMILES string of the molecule is COC[C@@H]1NC(=O)[C@H](CC(=O)N2CCOCC2)N(Cc2ccc(Cl)cc2Oc2ccc(-c3cnc(CN(C)C)n3C)cc2)C(=O)C[C@@H](Cc2ccccc2)C(=O)N(C)[C@H]2CCCC[C@@H]2NC(=O)C[C@H](Cc2ccc(Cl)cc2)N(C)C1=O. The van der Waals surface area contributed by atoms with Crippen LogP contribution in [0, 0.1) is 5.92 Å². The van der Waals surface area contributed by atoms with Crippen LogP contribution < -0.4 is 15.4 Å². The lowest BCUT2D eigenvalue weighted by Gasteiger charge is -2.41. The number of aromatic nitrogens is 2. The quantitative estimate of drug-likeness (QED) is 0.111. The van der Waals surface area contributed by atoms with Crippen molar-refractivity contribution >= 4 is 58.6 Å². The fourth-order valence-corrected chi connectivity index (χ4v) is 11.4. The minimum Gasteiger partial charge on any atom is -0.457 e. The van der Waals surface area contributed by atoms with Gasteiger partial charge < -0.3 is 53.9 Å². The summed E-state index contributed by atoms with van der Waals surface area (Å²) in [6.45, 7) is 1.16. The molecule has 6 amide bonds. The van der Waals surface area contributed by atoms with Crippen LogP contribution in [0.15, 0.2) is 103 Å². The zero-order chi connectivity index (χ0) is 57.7. The first-order chi connectivity index (χ1) is 39.0. The second-order valence-corrected chi connectivity index (χ2v) is 22.6. The molecule has 3 aliphatic rings. The minimum atomic E-state index is -1.55. The van der Waals surface area contributed by atoms with Gasteiger partial charge in [0.1, 0.15) is 29.4 Å². The fourth-order valence-electron chi connectivity index (χ4n) is 11.1. The smallest absolute Gasteiger partial charge is 0.247 e.